The van der Waals surface area contributed by atoms with Gasteiger partial charge in [0.25, 0.3) is 5.24 Å². The summed E-state index contributed by atoms with van der Waals surface area (Å²) >= 11 is 5.37. The molecule has 98 valence electrons. The molecular weight excluding hydrogens is 252 g/mol. The Morgan fingerprint density at radius 3 is 2.22 bits per heavy atom. The maximum atomic E-state index is 11.5. The lowest BCUT2D eigenvalue weighted by molar-refractivity contribution is -0.151. The second-order valence-electron chi connectivity index (χ2n) is 4.85. The molecule has 0 N–H and O–H groups in total. The van der Waals surface area contributed by atoms with E-state index in [1.54, 1.807) is 12.1 Å². The van der Waals surface area contributed by atoms with Crippen molar-refractivity contribution in [3.63, 3.8) is 0 Å². The second-order valence-corrected chi connectivity index (χ2v) is 5.19. The van der Waals surface area contributed by atoms with E-state index in [1.165, 1.54) is 7.11 Å². The van der Waals surface area contributed by atoms with Gasteiger partial charge in [0.2, 0.25) is 0 Å². The zero-order valence-corrected chi connectivity index (χ0v) is 11.6. The van der Waals surface area contributed by atoms with E-state index in [2.05, 4.69) is 0 Å². The van der Waals surface area contributed by atoms with Gasteiger partial charge in [-0.25, -0.2) is 0 Å². The van der Waals surface area contributed by atoms with E-state index in [1.807, 2.05) is 26.0 Å². The Balaban J connectivity index is 2.64. The number of hydrogen-bond donors (Lipinski definition) is 0. The van der Waals surface area contributed by atoms with Crippen molar-refractivity contribution >= 4 is 22.8 Å². The summed E-state index contributed by atoms with van der Waals surface area (Å²) in [4.78, 5) is 22.4. The zero-order valence-electron chi connectivity index (χ0n) is 10.8. The molecule has 0 bridgehead atoms. The monoisotopic (exact) mass is 268 g/mol. The van der Waals surface area contributed by atoms with Crippen molar-refractivity contribution in [2.24, 2.45) is 5.41 Å². The van der Waals surface area contributed by atoms with Crippen molar-refractivity contribution in [1.82, 2.24) is 0 Å². The Bertz CT molecular complexity index is 435. The summed E-state index contributed by atoms with van der Waals surface area (Å²) in [6.45, 7) is 3.71. The Hall–Kier alpha value is -1.35. The molecular formula is C14H17ClO3. The summed E-state index contributed by atoms with van der Waals surface area (Å²) in [5.41, 5.74) is 1.04. The van der Waals surface area contributed by atoms with Crippen molar-refractivity contribution in [2.75, 3.05) is 7.11 Å². The lowest BCUT2D eigenvalue weighted by atomic mass is 9.86. The van der Waals surface area contributed by atoms with Crippen molar-refractivity contribution in [3.05, 3.63) is 35.4 Å². The van der Waals surface area contributed by atoms with E-state index in [0.717, 1.165) is 12.0 Å². The lowest BCUT2D eigenvalue weighted by Gasteiger charge is -2.21. The lowest BCUT2D eigenvalue weighted by Crippen LogP contribution is -2.26. The fourth-order valence-electron chi connectivity index (χ4n) is 1.64. The molecule has 1 aromatic rings. The first-order valence-corrected chi connectivity index (χ1v) is 6.12. The van der Waals surface area contributed by atoms with Gasteiger partial charge >= 0.3 is 5.97 Å². The first kappa shape index (κ1) is 14.7. The van der Waals surface area contributed by atoms with Gasteiger partial charge in [0, 0.05) is 5.56 Å². The van der Waals surface area contributed by atoms with Gasteiger partial charge in [0.05, 0.1) is 12.5 Å². The quantitative estimate of drug-likeness (QED) is 0.608. The number of carbonyl (C=O) groups is 2. The average Bonchev–Trinajstić information content (AvgIpc) is 2.35. The third kappa shape index (κ3) is 3.84. The number of methoxy groups -OCH3 is 1. The maximum Gasteiger partial charge on any atom is 0.311 e. The number of rotatable bonds is 5. The molecule has 18 heavy (non-hydrogen) atoms. The molecule has 0 saturated heterocycles. The van der Waals surface area contributed by atoms with Crippen LogP contribution in [0.2, 0.25) is 0 Å². The summed E-state index contributed by atoms with van der Waals surface area (Å²) in [6.07, 6.45) is 1.44. The normalized spacial score (nSPS) is 11.1. The molecule has 0 unspecified atom stereocenters. The van der Waals surface area contributed by atoms with Crippen molar-refractivity contribution < 1.29 is 14.3 Å². The smallest absolute Gasteiger partial charge is 0.311 e. The fourth-order valence-corrected chi connectivity index (χ4v) is 1.76. The minimum Gasteiger partial charge on any atom is -0.469 e. The fraction of sp³-hybridized carbons (Fsp3) is 0.429. The summed E-state index contributed by atoms with van der Waals surface area (Å²) in [6, 6.07) is 7.08. The Morgan fingerprint density at radius 2 is 1.78 bits per heavy atom. The van der Waals surface area contributed by atoms with Crippen LogP contribution in [-0.2, 0) is 16.0 Å². The highest BCUT2D eigenvalue weighted by Crippen LogP contribution is 2.24. The van der Waals surface area contributed by atoms with Gasteiger partial charge in [-0.15, -0.1) is 0 Å². The van der Waals surface area contributed by atoms with E-state index >= 15 is 0 Å². The molecule has 0 saturated carbocycles. The molecule has 0 aromatic heterocycles. The zero-order chi connectivity index (χ0) is 13.8. The van der Waals surface area contributed by atoms with Crippen molar-refractivity contribution in [3.8, 4) is 0 Å². The van der Waals surface area contributed by atoms with Crippen LogP contribution in [0.4, 0.5) is 0 Å². The molecule has 0 aliphatic carbocycles. The highest BCUT2D eigenvalue weighted by atomic mass is 35.5. The third-order valence-corrected chi connectivity index (χ3v) is 3.18. The summed E-state index contributed by atoms with van der Waals surface area (Å²) in [7, 11) is 1.39. The predicted molar refractivity (Wildman–Crippen MR) is 70.7 cm³/mol. The number of aryl methyl sites for hydroxylation is 1. The third-order valence-electron chi connectivity index (χ3n) is 2.96. The summed E-state index contributed by atoms with van der Waals surface area (Å²) in [5.74, 6) is -0.213. The first-order chi connectivity index (χ1) is 8.36. The van der Waals surface area contributed by atoms with E-state index in [-0.39, 0.29) is 5.97 Å². The molecule has 3 nitrogen and oxygen atoms in total. The molecule has 0 radical (unpaired) electrons. The van der Waals surface area contributed by atoms with E-state index in [9.17, 15) is 9.59 Å². The van der Waals surface area contributed by atoms with Crippen LogP contribution >= 0.6 is 11.6 Å². The van der Waals surface area contributed by atoms with E-state index in [4.69, 9.17) is 16.3 Å². The van der Waals surface area contributed by atoms with E-state index in [0.29, 0.717) is 12.0 Å². The molecule has 0 spiro atoms. The van der Waals surface area contributed by atoms with Gasteiger partial charge in [-0.3, -0.25) is 9.59 Å². The Morgan fingerprint density at radius 1 is 1.22 bits per heavy atom. The topological polar surface area (TPSA) is 43.4 Å². The standard InChI is InChI=1S/C14H17ClO3/c1-14(2,13(17)18-3)9-8-10-4-6-11(7-5-10)12(15)16/h4-7H,8-9H2,1-3H3. The summed E-state index contributed by atoms with van der Waals surface area (Å²) in [5, 5.41) is -0.462. The predicted octanol–water partition coefficient (Wildman–Crippen LogP) is 3.20. The molecule has 0 fully saturated rings. The largest absolute Gasteiger partial charge is 0.469 e. The van der Waals surface area contributed by atoms with Gasteiger partial charge in [-0.1, -0.05) is 12.1 Å². The van der Waals surface area contributed by atoms with Crippen LogP contribution in [0, 0.1) is 5.41 Å². The van der Waals surface area contributed by atoms with Gasteiger partial charge in [-0.05, 0) is 56.0 Å². The number of benzene rings is 1. The number of halogens is 1. The average molecular weight is 269 g/mol. The minimum absolute atomic E-state index is 0.213. The van der Waals surface area contributed by atoms with Gasteiger partial charge in [0.1, 0.15) is 0 Å². The van der Waals surface area contributed by atoms with Crippen LogP contribution in [0.5, 0.6) is 0 Å². The van der Waals surface area contributed by atoms with Gasteiger partial charge < -0.3 is 4.74 Å². The number of carbonyl (C=O) groups excluding carboxylic acids is 2. The van der Waals surface area contributed by atoms with Crippen LogP contribution < -0.4 is 0 Å². The molecule has 0 heterocycles. The molecule has 1 aromatic carbocycles. The number of esters is 1. The summed E-state index contributed by atoms with van der Waals surface area (Å²) < 4.78 is 4.75. The number of hydrogen-bond acceptors (Lipinski definition) is 3. The van der Waals surface area contributed by atoms with E-state index < -0.39 is 10.7 Å². The number of ether oxygens (including phenoxy) is 1. The molecule has 0 aliphatic rings. The molecule has 0 aliphatic heterocycles. The van der Waals surface area contributed by atoms with Gasteiger partial charge in [0.15, 0.2) is 0 Å². The molecule has 4 heteroatoms. The maximum absolute atomic E-state index is 11.5. The highest BCUT2D eigenvalue weighted by Gasteiger charge is 2.27. The Kier molecular flexibility index (Phi) is 4.91. The Labute approximate surface area is 112 Å². The van der Waals surface area contributed by atoms with Crippen LogP contribution in [0.15, 0.2) is 24.3 Å². The van der Waals surface area contributed by atoms with Gasteiger partial charge in [-0.2, -0.15) is 0 Å². The van der Waals surface area contributed by atoms with Crippen LogP contribution in [0.1, 0.15) is 36.2 Å². The van der Waals surface area contributed by atoms with Crippen molar-refractivity contribution in [2.45, 2.75) is 26.7 Å². The SMILES string of the molecule is COC(=O)C(C)(C)CCc1ccc(C(=O)Cl)cc1. The first-order valence-electron chi connectivity index (χ1n) is 5.74. The minimum atomic E-state index is -0.504. The molecule has 0 amide bonds. The highest BCUT2D eigenvalue weighted by molar-refractivity contribution is 6.67. The second kappa shape index (κ2) is 6.01. The van der Waals surface area contributed by atoms with Crippen LogP contribution in [0.3, 0.4) is 0 Å². The van der Waals surface area contributed by atoms with Crippen LogP contribution in [0.25, 0.3) is 0 Å². The van der Waals surface area contributed by atoms with Crippen LogP contribution in [-0.4, -0.2) is 18.3 Å². The molecule has 0 atom stereocenters. The molecule has 1 rings (SSSR count). The van der Waals surface area contributed by atoms with Crippen molar-refractivity contribution in [1.29, 1.82) is 0 Å².